The van der Waals surface area contributed by atoms with Crippen molar-refractivity contribution in [1.82, 2.24) is 4.90 Å². The van der Waals surface area contributed by atoms with Gasteiger partial charge in [0.2, 0.25) is 0 Å². The molecule has 0 aromatic rings. The molecule has 0 radical (unpaired) electrons. The first-order chi connectivity index (χ1) is 7.74. The Labute approximate surface area is 101 Å². The van der Waals surface area contributed by atoms with Crippen LogP contribution in [0.2, 0.25) is 0 Å². The first-order valence-corrected chi connectivity index (χ1v) is 6.17. The summed E-state index contributed by atoms with van der Waals surface area (Å²) in [6.45, 7) is 10.2. The monoisotopic (exact) mass is 222 g/mol. The van der Waals surface area contributed by atoms with Crippen molar-refractivity contribution in [2.75, 3.05) is 20.1 Å². The summed E-state index contributed by atoms with van der Waals surface area (Å²) in [4.78, 5) is 6.29. The summed E-state index contributed by atoms with van der Waals surface area (Å²) >= 11 is 0. The summed E-state index contributed by atoms with van der Waals surface area (Å²) in [6.07, 6.45) is 10.8. The van der Waals surface area contributed by atoms with Crippen molar-refractivity contribution in [3.05, 3.63) is 24.3 Å². The third-order valence-electron chi connectivity index (χ3n) is 2.58. The molecule has 0 saturated carbocycles. The molecule has 0 spiro atoms. The Kier molecular flexibility index (Phi) is 9.78. The summed E-state index contributed by atoms with van der Waals surface area (Å²) in [5, 5.41) is 0. The molecule has 0 aliphatic heterocycles. The van der Waals surface area contributed by atoms with Crippen molar-refractivity contribution >= 4 is 6.34 Å². The van der Waals surface area contributed by atoms with Crippen LogP contribution in [-0.2, 0) is 0 Å². The Hall–Kier alpha value is -1.05. The zero-order chi connectivity index (χ0) is 12.2. The van der Waals surface area contributed by atoms with Gasteiger partial charge >= 0.3 is 0 Å². The van der Waals surface area contributed by atoms with Crippen LogP contribution in [0.4, 0.5) is 0 Å². The molecule has 0 aliphatic rings. The molecular formula is C14H26N2. The summed E-state index contributed by atoms with van der Waals surface area (Å²) in [7, 11) is 1.82. The van der Waals surface area contributed by atoms with E-state index >= 15 is 0 Å². The lowest BCUT2D eigenvalue weighted by Gasteiger charge is -2.16. The van der Waals surface area contributed by atoms with Gasteiger partial charge in [0.15, 0.2) is 0 Å². The van der Waals surface area contributed by atoms with Gasteiger partial charge in [-0.25, -0.2) is 0 Å². The fourth-order valence-electron chi connectivity index (χ4n) is 1.57. The number of unbranched alkanes of at least 4 members (excludes halogenated alkanes) is 1. The highest BCUT2D eigenvalue weighted by Crippen LogP contribution is 2.08. The third-order valence-corrected chi connectivity index (χ3v) is 2.58. The van der Waals surface area contributed by atoms with Crippen LogP contribution >= 0.6 is 0 Å². The zero-order valence-electron chi connectivity index (χ0n) is 11.1. The summed E-state index contributed by atoms with van der Waals surface area (Å²) in [6, 6.07) is 0. The molecule has 0 heterocycles. The smallest absolute Gasteiger partial charge is 0.0846 e. The maximum absolute atomic E-state index is 4.04. The number of hydrogen-bond acceptors (Lipinski definition) is 1. The van der Waals surface area contributed by atoms with Gasteiger partial charge in [-0.1, -0.05) is 17.7 Å². The van der Waals surface area contributed by atoms with Crippen molar-refractivity contribution < 1.29 is 0 Å². The molecule has 0 fully saturated rings. The molecule has 2 nitrogen and oxygen atoms in total. The van der Waals surface area contributed by atoms with Crippen molar-refractivity contribution in [3.63, 3.8) is 0 Å². The summed E-state index contributed by atoms with van der Waals surface area (Å²) in [5.41, 5.74) is 1.48. The van der Waals surface area contributed by atoms with E-state index in [2.05, 4.69) is 36.4 Å². The number of aliphatic imine (C=N–C) groups is 1. The predicted molar refractivity (Wildman–Crippen MR) is 74.1 cm³/mol. The molecule has 0 amide bonds. The molecule has 0 aromatic carbocycles. The van der Waals surface area contributed by atoms with E-state index in [0.29, 0.717) is 0 Å². The molecule has 92 valence electrons. The lowest BCUT2D eigenvalue weighted by atomic mass is 10.1. The van der Waals surface area contributed by atoms with Gasteiger partial charge in [-0.2, -0.15) is 0 Å². The Bertz CT molecular complexity index is 229. The molecule has 0 aliphatic carbocycles. The Balaban J connectivity index is 3.62. The molecule has 16 heavy (non-hydrogen) atoms. The molecule has 0 atom stereocenters. The van der Waals surface area contributed by atoms with Crippen molar-refractivity contribution in [2.45, 2.75) is 39.5 Å². The molecule has 0 N–H and O–H groups in total. The van der Waals surface area contributed by atoms with Crippen molar-refractivity contribution in [1.29, 1.82) is 0 Å². The standard InChI is InChI=1S/C14H26N2/c1-5-7-10-14(3)11-8-9-12-16(6-2)13-15-4/h5,10,13H,1,6-9,11-12H2,2-4H3/b14-10+,15-13?. The minimum absolute atomic E-state index is 0.995. The lowest BCUT2D eigenvalue weighted by molar-refractivity contribution is 0.435. The van der Waals surface area contributed by atoms with Gasteiger partial charge in [0, 0.05) is 20.1 Å². The molecule has 0 bridgehead atoms. The Morgan fingerprint density at radius 3 is 2.69 bits per heavy atom. The highest BCUT2D eigenvalue weighted by molar-refractivity contribution is 5.54. The molecular weight excluding hydrogens is 196 g/mol. The first-order valence-electron chi connectivity index (χ1n) is 6.17. The normalized spacial score (nSPS) is 12.1. The number of allylic oxidation sites excluding steroid dienone is 3. The largest absolute Gasteiger partial charge is 0.363 e. The van der Waals surface area contributed by atoms with Gasteiger partial charge in [0.05, 0.1) is 6.34 Å². The summed E-state index contributed by atoms with van der Waals surface area (Å²) in [5.74, 6) is 0. The summed E-state index contributed by atoms with van der Waals surface area (Å²) < 4.78 is 0. The molecule has 2 heteroatoms. The van der Waals surface area contributed by atoms with E-state index in [-0.39, 0.29) is 0 Å². The third kappa shape index (κ3) is 8.27. The first kappa shape index (κ1) is 14.9. The van der Waals surface area contributed by atoms with Crippen LogP contribution in [-0.4, -0.2) is 31.4 Å². The number of nitrogens with zero attached hydrogens (tertiary/aromatic N) is 2. The predicted octanol–water partition coefficient (Wildman–Crippen LogP) is 3.66. The molecule has 0 aromatic heterocycles. The second-order valence-corrected chi connectivity index (χ2v) is 4.03. The maximum atomic E-state index is 4.04. The van der Waals surface area contributed by atoms with E-state index in [0.717, 1.165) is 19.5 Å². The Morgan fingerprint density at radius 1 is 1.38 bits per heavy atom. The number of rotatable bonds is 9. The minimum atomic E-state index is 0.995. The second kappa shape index (κ2) is 10.5. The molecule has 0 rings (SSSR count). The van der Waals surface area contributed by atoms with Crippen LogP contribution in [0.15, 0.2) is 29.3 Å². The van der Waals surface area contributed by atoms with Gasteiger partial charge in [-0.15, -0.1) is 6.58 Å². The van der Waals surface area contributed by atoms with Gasteiger partial charge in [-0.3, -0.25) is 4.99 Å². The van der Waals surface area contributed by atoms with Crippen LogP contribution < -0.4 is 0 Å². The number of hydrogen-bond donors (Lipinski definition) is 0. The average Bonchev–Trinajstić information content (AvgIpc) is 2.30. The van der Waals surface area contributed by atoms with Gasteiger partial charge in [-0.05, 0) is 39.5 Å². The highest BCUT2D eigenvalue weighted by atomic mass is 15.1. The minimum Gasteiger partial charge on any atom is -0.363 e. The van der Waals surface area contributed by atoms with Crippen LogP contribution in [0, 0.1) is 0 Å². The van der Waals surface area contributed by atoms with Crippen molar-refractivity contribution in [2.24, 2.45) is 4.99 Å². The lowest BCUT2D eigenvalue weighted by Crippen LogP contribution is -2.22. The molecule has 0 unspecified atom stereocenters. The van der Waals surface area contributed by atoms with Gasteiger partial charge < -0.3 is 4.90 Å². The quantitative estimate of drug-likeness (QED) is 0.251. The second-order valence-electron chi connectivity index (χ2n) is 4.03. The van der Waals surface area contributed by atoms with E-state index in [9.17, 15) is 0 Å². The van der Waals surface area contributed by atoms with E-state index in [1.165, 1.54) is 24.8 Å². The molecule has 0 saturated heterocycles. The van der Waals surface area contributed by atoms with Crippen LogP contribution in [0.3, 0.4) is 0 Å². The fraction of sp³-hybridized carbons (Fsp3) is 0.643. The van der Waals surface area contributed by atoms with Crippen LogP contribution in [0.5, 0.6) is 0 Å². The van der Waals surface area contributed by atoms with E-state index in [4.69, 9.17) is 0 Å². The van der Waals surface area contributed by atoms with Gasteiger partial charge in [0.25, 0.3) is 0 Å². The Morgan fingerprint density at radius 2 is 2.12 bits per heavy atom. The van der Waals surface area contributed by atoms with Crippen LogP contribution in [0.25, 0.3) is 0 Å². The fourth-order valence-corrected chi connectivity index (χ4v) is 1.57. The van der Waals surface area contributed by atoms with Crippen molar-refractivity contribution in [3.8, 4) is 0 Å². The SMILES string of the molecule is C=CC/C=C(\C)CCCCN(C=NC)CC. The van der Waals surface area contributed by atoms with Gasteiger partial charge in [0.1, 0.15) is 0 Å². The van der Waals surface area contributed by atoms with E-state index < -0.39 is 0 Å². The maximum Gasteiger partial charge on any atom is 0.0846 e. The topological polar surface area (TPSA) is 15.6 Å². The van der Waals surface area contributed by atoms with Crippen LogP contribution in [0.1, 0.15) is 39.5 Å². The van der Waals surface area contributed by atoms with E-state index in [1.807, 2.05) is 19.5 Å². The highest BCUT2D eigenvalue weighted by Gasteiger charge is 1.96. The zero-order valence-corrected chi connectivity index (χ0v) is 11.1. The average molecular weight is 222 g/mol. The van der Waals surface area contributed by atoms with E-state index in [1.54, 1.807) is 0 Å².